The molecule has 0 saturated heterocycles. The van der Waals surface area contributed by atoms with Crippen LogP contribution < -0.4 is 0 Å². The Morgan fingerprint density at radius 3 is 1.43 bits per heavy atom. The third-order valence-electron chi connectivity index (χ3n) is 9.97. The highest BCUT2D eigenvalue weighted by atomic mass is 14.3. The second kappa shape index (κ2) is 9.43. The number of allylic oxidation sites excluding steroid dienone is 1. The average Bonchev–Trinajstić information content (AvgIpc) is 3.45. The van der Waals surface area contributed by atoms with Crippen molar-refractivity contribution in [3.05, 3.63) is 138 Å². The maximum Gasteiger partial charge on any atom is -0.00207 e. The van der Waals surface area contributed by atoms with Crippen LogP contribution in [0.1, 0.15) is 36.8 Å². The maximum absolute atomic E-state index is 2.58. The number of hydrogen-bond donors (Lipinski definition) is 0. The molecule has 2 aliphatic carbocycles. The van der Waals surface area contributed by atoms with Crippen molar-refractivity contribution in [3.8, 4) is 22.3 Å². The average molecular weight is 537 g/mol. The van der Waals surface area contributed by atoms with Gasteiger partial charge in [0, 0.05) is 0 Å². The second-order valence-corrected chi connectivity index (χ2v) is 12.4. The highest BCUT2D eigenvalue weighted by Gasteiger charge is 2.27. The smallest absolute Gasteiger partial charge is 0.00207 e. The number of hydrogen-bond acceptors (Lipinski definition) is 0. The molecule has 0 unspecified atom stereocenters. The fourth-order valence-corrected chi connectivity index (χ4v) is 7.76. The first-order valence-electron chi connectivity index (χ1n) is 15.5. The standard InChI is InChI=1S/C42H32/c1-5-16-33-29(12-1)25-30-13-2-6-17-34(30)41(33)37-20-21-38(40-24-28(23-39(37)40)22-27-10-9-11-27)42-35-18-7-3-14-31(35)26-32-15-4-8-19-36(32)42/h1-8,12-21,23,25-27H,9-11,22,24H2. The molecule has 7 aromatic carbocycles. The van der Waals surface area contributed by atoms with E-state index in [2.05, 4.69) is 127 Å². The predicted octanol–water partition coefficient (Wildman–Crippen LogP) is 11.8. The minimum Gasteiger partial charge on any atom is -0.0649 e. The number of fused-ring (bicyclic) bond motifs is 5. The largest absolute Gasteiger partial charge is 0.0649 e. The van der Waals surface area contributed by atoms with E-state index in [1.165, 1.54) is 102 Å². The fraction of sp³-hybridized carbons (Fsp3) is 0.143. The van der Waals surface area contributed by atoms with Crippen LogP contribution in [0, 0.1) is 5.92 Å². The molecule has 0 spiro atoms. The normalized spacial score (nSPS) is 14.9. The Balaban J connectivity index is 1.36. The molecule has 0 atom stereocenters. The summed E-state index contributed by atoms with van der Waals surface area (Å²) < 4.78 is 0. The molecular weight excluding hydrogens is 504 g/mol. The van der Waals surface area contributed by atoms with E-state index in [-0.39, 0.29) is 0 Å². The van der Waals surface area contributed by atoms with Gasteiger partial charge in [0.15, 0.2) is 0 Å². The van der Waals surface area contributed by atoms with E-state index in [9.17, 15) is 0 Å². The summed E-state index contributed by atoms with van der Waals surface area (Å²) in [5.74, 6) is 0.856. The zero-order valence-corrected chi connectivity index (χ0v) is 23.7. The molecule has 7 aromatic rings. The van der Waals surface area contributed by atoms with Crippen molar-refractivity contribution in [2.24, 2.45) is 5.92 Å². The van der Waals surface area contributed by atoms with Gasteiger partial charge in [-0.2, -0.15) is 0 Å². The van der Waals surface area contributed by atoms with Crippen LogP contribution in [0.3, 0.4) is 0 Å². The minimum atomic E-state index is 0.856. The van der Waals surface area contributed by atoms with Crippen molar-refractivity contribution in [2.45, 2.75) is 32.1 Å². The van der Waals surface area contributed by atoms with Crippen LogP contribution in [0.15, 0.2) is 127 Å². The van der Waals surface area contributed by atoms with Crippen molar-refractivity contribution in [1.82, 2.24) is 0 Å². The van der Waals surface area contributed by atoms with Crippen LogP contribution >= 0.6 is 0 Å². The molecule has 0 heteroatoms. The molecule has 0 bridgehead atoms. The van der Waals surface area contributed by atoms with Crippen LogP contribution in [-0.2, 0) is 6.42 Å². The monoisotopic (exact) mass is 536 g/mol. The zero-order chi connectivity index (χ0) is 27.6. The molecule has 0 nitrogen and oxygen atoms in total. The van der Waals surface area contributed by atoms with Gasteiger partial charge in [0.2, 0.25) is 0 Å². The summed E-state index contributed by atoms with van der Waals surface area (Å²) in [7, 11) is 0. The third kappa shape index (κ3) is 3.68. The van der Waals surface area contributed by atoms with E-state index in [1.807, 2.05) is 0 Å². The molecule has 0 radical (unpaired) electrons. The molecule has 0 heterocycles. The van der Waals surface area contributed by atoms with Crippen molar-refractivity contribution in [3.63, 3.8) is 0 Å². The van der Waals surface area contributed by atoms with Crippen LogP contribution in [0.2, 0.25) is 0 Å². The Morgan fingerprint density at radius 1 is 0.500 bits per heavy atom. The molecule has 42 heavy (non-hydrogen) atoms. The first kappa shape index (κ1) is 24.0. The molecule has 2 aliphatic rings. The lowest BCUT2D eigenvalue weighted by molar-refractivity contribution is 0.313. The first-order valence-corrected chi connectivity index (χ1v) is 15.5. The summed E-state index contributed by atoms with van der Waals surface area (Å²) in [6.07, 6.45) is 9.03. The lowest BCUT2D eigenvalue weighted by Gasteiger charge is -2.25. The molecule has 1 fully saturated rings. The van der Waals surface area contributed by atoms with Crippen LogP contribution in [0.25, 0.3) is 71.4 Å². The van der Waals surface area contributed by atoms with Gasteiger partial charge >= 0.3 is 0 Å². The lowest BCUT2D eigenvalue weighted by Crippen LogP contribution is -2.11. The zero-order valence-electron chi connectivity index (χ0n) is 23.7. The van der Waals surface area contributed by atoms with E-state index < -0.39 is 0 Å². The van der Waals surface area contributed by atoms with E-state index in [4.69, 9.17) is 0 Å². The molecule has 0 aromatic heterocycles. The van der Waals surface area contributed by atoms with Crippen molar-refractivity contribution in [1.29, 1.82) is 0 Å². The fourth-order valence-electron chi connectivity index (χ4n) is 7.76. The molecular formula is C42H32. The number of benzene rings is 7. The van der Waals surface area contributed by atoms with Gasteiger partial charge in [-0.1, -0.05) is 140 Å². The number of rotatable bonds is 4. The first-order chi connectivity index (χ1) is 20.8. The summed E-state index contributed by atoms with van der Waals surface area (Å²) in [5, 5.41) is 10.6. The van der Waals surface area contributed by atoms with Crippen LogP contribution in [0.5, 0.6) is 0 Å². The maximum atomic E-state index is 2.58. The molecule has 9 rings (SSSR count). The lowest BCUT2D eigenvalue weighted by atomic mass is 9.80. The van der Waals surface area contributed by atoms with Gasteiger partial charge in [-0.15, -0.1) is 0 Å². The highest BCUT2D eigenvalue weighted by Crippen LogP contribution is 2.48. The van der Waals surface area contributed by atoms with Gasteiger partial charge in [0.25, 0.3) is 0 Å². The Morgan fingerprint density at radius 2 is 0.952 bits per heavy atom. The Kier molecular flexibility index (Phi) is 5.38. The van der Waals surface area contributed by atoms with Gasteiger partial charge in [-0.25, -0.2) is 0 Å². The Bertz CT molecular complexity index is 2120. The second-order valence-electron chi connectivity index (χ2n) is 12.4. The summed E-state index contributed by atoms with van der Waals surface area (Å²) in [6.45, 7) is 0. The third-order valence-corrected chi connectivity index (χ3v) is 9.97. The van der Waals surface area contributed by atoms with Gasteiger partial charge in [0.05, 0.1) is 0 Å². The van der Waals surface area contributed by atoms with Crippen molar-refractivity contribution >= 4 is 49.2 Å². The summed E-state index contributed by atoms with van der Waals surface area (Å²) in [4.78, 5) is 0. The van der Waals surface area contributed by atoms with Crippen molar-refractivity contribution < 1.29 is 0 Å². The van der Waals surface area contributed by atoms with Gasteiger partial charge in [-0.3, -0.25) is 0 Å². The molecule has 200 valence electrons. The van der Waals surface area contributed by atoms with Gasteiger partial charge in [0.1, 0.15) is 0 Å². The Labute approximate surface area is 246 Å². The van der Waals surface area contributed by atoms with Crippen LogP contribution in [0.4, 0.5) is 0 Å². The topological polar surface area (TPSA) is 0 Å². The molecule has 0 aliphatic heterocycles. The van der Waals surface area contributed by atoms with E-state index in [0.717, 1.165) is 12.3 Å². The van der Waals surface area contributed by atoms with Crippen molar-refractivity contribution in [2.75, 3.05) is 0 Å². The summed E-state index contributed by atoms with van der Waals surface area (Å²) in [6, 6.07) is 45.3. The van der Waals surface area contributed by atoms with Gasteiger partial charge < -0.3 is 0 Å². The van der Waals surface area contributed by atoms with E-state index in [1.54, 1.807) is 5.57 Å². The van der Waals surface area contributed by atoms with Gasteiger partial charge in [-0.05, 0) is 107 Å². The SMILES string of the molecule is C1=C(CC2CCC2)Cc2c(-c3c4ccccc4cc4ccccc34)ccc(-c3c4ccccc4cc4ccccc34)c21. The minimum absolute atomic E-state index is 0.856. The Hall–Kier alpha value is -4.68. The summed E-state index contributed by atoms with van der Waals surface area (Å²) in [5.41, 5.74) is 10.1. The summed E-state index contributed by atoms with van der Waals surface area (Å²) >= 11 is 0. The molecule has 0 amide bonds. The molecule has 0 N–H and O–H groups in total. The quantitative estimate of drug-likeness (QED) is 0.196. The molecule has 1 saturated carbocycles. The van der Waals surface area contributed by atoms with E-state index >= 15 is 0 Å². The predicted molar refractivity (Wildman–Crippen MR) is 181 cm³/mol. The highest BCUT2D eigenvalue weighted by molar-refractivity contribution is 6.16. The van der Waals surface area contributed by atoms with E-state index in [0.29, 0.717) is 0 Å². The van der Waals surface area contributed by atoms with Crippen LogP contribution in [-0.4, -0.2) is 0 Å².